The highest BCUT2D eigenvalue weighted by Gasteiger charge is 2.18. The van der Waals surface area contributed by atoms with Crippen LogP contribution >= 0.6 is 0 Å². The largest absolute Gasteiger partial charge is 0.382 e. The molecule has 0 rings (SSSR count). The number of nitrogens with zero attached hydrogens (tertiary/aromatic N) is 1. The Kier molecular flexibility index (Phi) is 11.6. The molecule has 0 amide bonds. The Hall–Kier alpha value is -0.160. The Labute approximate surface area is 119 Å². The van der Waals surface area contributed by atoms with Gasteiger partial charge in [-0.1, -0.05) is 6.92 Å². The summed E-state index contributed by atoms with van der Waals surface area (Å²) >= 11 is 0. The van der Waals surface area contributed by atoms with Crippen molar-refractivity contribution in [3.05, 3.63) is 0 Å². The van der Waals surface area contributed by atoms with Gasteiger partial charge in [-0.05, 0) is 46.7 Å². The Morgan fingerprint density at radius 2 is 1.42 bits per heavy atom. The molecule has 0 radical (unpaired) electrons. The Bertz CT molecular complexity index is 192. The van der Waals surface area contributed by atoms with E-state index in [1.807, 2.05) is 0 Å². The number of hydrogen-bond acceptors (Lipinski definition) is 4. The van der Waals surface area contributed by atoms with Gasteiger partial charge in [-0.15, -0.1) is 0 Å². The molecule has 0 aliphatic heterocycles. The van der Waals surface area contributed by atoms with E-state index in [9.17, 15) is 0 Å². The average Bonchev–Trinajstić information content (AvgIpc) is 2.34. The van der Waals surface area contributed by atoms with Crippen molar-refractivity contribution in [3.8, 4) is 0 Å². The van der Waals surface area contributed by atoms with Gasteiger partial charge in [-0.25, -0.2) is 0 Å². The molecule has 0 spiro atoms. The van der Waals surface area contributed by atoms with Crippen LogP contribution in [0.4, 0.5) is 0 Å². The van der Waals surface area contributed by atoms with Crippen molar-refractivity contribution in [1.82, 2.24) is 4.90 Å². The lowest BCUT2D eigenvalue weighted by Crippen LogP contribution is -2.41. The fraction of sp³-hybridized carbons (Fsp3) is 1.00. The standard InChI is InChI=1S/C15H33NO3/c1-6-16(15(2,3)4)9-7-8-10-18-13-14-19-12-11-17-5/h6-14H2,1-5H3. The minimum absolute atomic E-state index is 0.269. The van der Waals surface area contributed by atoms with Gasteiger partial charge in [0.2, 0.25) is 0 Å². The van der Waals surface area contributed by atoms with E-state index in [2.05, 4.69) is 32.6 Å². The SMILES string of the molecule is CCN(CCCCOCCOCCOC)C(C)(C)C. The maximum Gasteiger partial charge on any atom is 0.0701 e. The van der Waals surface area contributed by atoms with Gasteiger partial charge >= 0.3 is 0 Å². The molecule has 0 aromatic heterocycles. The lowest BCUT2D eigenvalue weighted by Gasteiger charge is -2.34. The van der Waals surface area contributed by atoms with Gasteiger partial charge in [0, 0.05) is 19.3 Å². The first-order chi connectivity index (χ1) is 9.02. The topological polar surface area (TPSA) is 30.9 Å². The van der Waals surface area contributed by atoms with Gasteiger partial charge in [0.1, 0.15) is 0 Å². The van der Waals surface area contributed by atoms with E-state index >= 15 is 0 Å². The van der Waals surface area contributed by atoms with Crippen LogP contribution in [0.15, 0.2) is 0 Å². The van der Waals surface area contributed by atoms with E-state index in [4.69, 9.17) is 14.2 Å². The van der Waals surface area contributed by atoms with E-state index < -0.39 is 0 Å². The first-order valence-electron chi connectivity index (χ1n) is 7.41. The van der Waals surface area contributed by atoms with E-state index in [0.717, 1.165) is 26.1 Å². The van der Waals surface area contributed by atoms with Crippen molar-refractivity contribution >= 4 is 0 Å². The Balaban J connectivity index is 3.31. The van der Waals surface area contributed by atoms with Gasteiger partial charge in [0.15, 0.2) is 0 Å². The fourth-order valence-corrected chi connectivity index (χ4v) is 1.94. The first-order valence-corrected chi connectivity index (χ1v) is 7.41. The number of hydrogen-bond donors (Lipinski definition) is 0. The maximum atomic E-state index is 5.53. The van der Waals surface area contributed by atoms with Crippen LogP contribution in [0.25, 0.3) is 0 Å². The second-order valence-electron chi connectivity index (χ2n) is 5.68. The van der Waals surface area contributed by atoms with Gasteiger partial charge in [0.05, 0.1) is 26.4 Å². The summed E-state index contributed by atoms with van der Waals surface area (Å²) in [5.74, 6) is 0. The molecule has 0 saturated heterocycles. The number of unbranched alkanes of at least 4 members (excludes halogenated alkanes) is 1. The highest BCUT2D eigenvalue weighted by molar-refractivity contribution is 4.74. The van der Waals surface area contributed by atoms with Gasteiger partial charge < -0.3 is 14.2 Å². The number of rotatable bonds is 12. The minimum Gasteiger partial charge on any atom is -0.382 e. The Morgan fingerprint density at radius 1 is 0.842 bits per heavy atom. The molecule has 0 aromatic rings. The average molecular weight is 275 g/mol. The predicted molar refractivity (Wildman–Crippen MR) is 79.7 cm³/mol. The smallest absolute Gasteiger partial charge is 0.0701 e. The molecule has 0 aromatic carbocycles. The van der Waals surface area contributed by atoms with Crippen molar-refractivity contribution in [2.45, 2.75) is 46.1 Å². The van der Waals surface area contributed by atoms with Crippen molar-refractivity contribution in [3.63, 3.8) is 0 Å². The summed E-state index contributed by atoms with van der Waals surface area (Å²) in [5.41, 5.74) is 0.269. The molecule has 0 aliphatic rings. The van der Waals surface area contributed by atoms with Crippen molar-refractivity contribution < 1.29 is 14.2 Å². The highest BCUT2D eigenvalue weighted by Crippen LogP contribution is 2.13. The quantitative estimate of drug-likeness (QED) is 0.512. The molecule has 116 valence electrons. The summed E-state index contributed by atoms with van der Waals surface area (Å²) in [6, 6.07) is 0. The van der Waals surface area contributed by atoms with Crippen molar-refractivity contribution in [2.24, 2.45) is 0 Å². The van der Waals surface area contributed by atoms with Crippen molar-refractivity contribution in [1.29, 1.82) is 0 Å². The zero-order chi connectivity index (χ0) is 14.6. The molecule has 4 nitrogen and oxygen atoms in total. The normalized spacial score (nSPS) is 12.3. The maximum absolute atomic E-state index is 5.53. The molecule has 0 atom stereocenters. The second-order valence-corrected chi connectivity index (χ2v) is 5.68. The summed E-state index contributed by atoms with van der Waals surface area (Å²) in [6.45, 7) is 14.8. The van der Waals surface area contributed by atoms with E-state index in [1.165, 1.54) is 6.42 Å². The molecular formula is C15H33NO3. The third-order valence-corrected chi connectivity index (χ3v) is 3.10. The Morgan fingerprint density at radius 3 is 1.95 bits per heavy atom. The third kappa shape index (κ3) is 11.4. The van der Waals surface area contributed by atoms with E-state index in [0.29, 0.717) is 26.4 Å². The molecule has 0 bridgehead atoms. The van der Waals surface area contributed by atoms with Crippen LogP contribution in [0.5, 0.6) is 0 Å². The van der Waals surface area contributed by atoms with Crippen LogP contribution < -0.4 is 0 Å². The fourth-order valence-electron chi connectivity index (χ4n) is 1.94. The minimum atomic E-state index is 0.269. The van der Waals surface area contributed by atoms with Crippen LogP contribution in [-0.4, -0.2) is 63.7 Å². The monoisotopic (exact) mass is 275 g/mol. The van der Waals surface area contributed by atoms with Crippen LogP contribution in [-0.2, 0) is 14.2 Å². The molecule has 0 unspecified atom stereocenters. The predicted octanol–water partition coefficient (Wildman–Crippen LogP) is 2.57. The summed E-state index contributed by atoms with van der Waals surface area (Å²) < 4.78 is 15.7. The molecular weight excluding hydrogens is 242 g/mol. The van der Waals surface area contributed by atoms with Crippen LogP contribution in [0.3, 0.4) is 0 Å². The first kappa shape index (κ1) is 18.8. The number of methoxy groups -OCH3 is 1. The zero-order valence-electron chi connectivity index (χ0n) is 13.5. The third-order valence-electron chi connectivity index (χ3n) is 3.10. The molecule has 0 N–H and O–H groups in total. The van der Waals surface area contributed by atoms with Crippen LogP contribution in [0, 0.1) is 0 Å². The summed E-state index contributed by atoms with van der Waals surface area (Å²) in [5, 5.41) is 0. The molecule has 19 heavy (non-hydrogen) atoms. The molecule has 0 heterocycles. The van der Waals surface area contributed by atoms with Gasteiger partial charge in [-0.2, -0.15) is 0 Å². The lowest BCUT2D eigenvalue weighted by molar-refractivity contribution is 0.0231. The number of ether oxygens (including phenoxy) is 3. The zero-order valence-corrected chi connectivity index (χ0v) is 13.5. The van der Waals surface area contributed by atoms with E-state index in [-0.39, 0.29) is 5.54 Å². The van der Waals surface area contributed by atoms with Gasteiger partial charge in [0.25, 0.3) is 0 Å². The van der Waals surface area contributed by atoms with Crippen LogP contribution in [0.2, 0.25) is 0 Å². The molecule has 0 saturated carbocycles. The summed E-state index contributed by atoms with van der Waals surface area (Å²) in [4.78, 5) is 2.50. The molecule has 0 fully saturated rings. The lowest BCUT2D eigenvalue weighted by atomic mass is 10.1. The van der Waals surface area contributed by atoms with Crippen LogP contribution in [0.1, 0.15) is 40.5 Å². The second kappa shape index (κ2) is 11.6. The summed E-state index contributed by atoms with van der Waals surface area (Å²) in [7, 11) is 1.68. The van der Waals surface area contributed by atoms with E-state index in [1.54, 1.807) is 7.11 Å². The highest BCUT2D eigenvalue weighted by atomic mass is 16.5. The molecule has 0 aliphatic carbocycles. The van der Waals surface area contributed by atoms with Crippen molar-refractivity contribution in [2.75, 3.05) is 53.2 Å². The van der Waals surface area contributed by atoms with Gasteiger partial charge in [-0.3, -0.25) is 4.90 Å². The molecule has 4 heteroatoms. The summed E-state index contributed by atoms with van der Waals surface area (Å²) in [6.07, 6.45) is 2.31.